The van der Waals surface area contributed by atoms with Crippen LogP contribution in [0.3, 0.4) is 0 Å². The molecule has 1 N–H and O–H groups in total. The van der Waals surface area contributed by atoms with Gasteiger partial charge in [-0.1, -0.05) is 12.0 Å². The molecule has 1 atom stereocenters. The number of rotatable bonds is 5. The molecule has 1 unspecified atom stereocenters. The van der Waals surface area contributed by atoms with Crippen LogP contribution < -0.4 is 5.32 Å². The highest BCUT2D eigenvalue weighted by molar-refractivity contribution is 5.50. The SMILES string of the molecule is C#Cc1cccc(NC(C)CCn2cccn2)c1. The van der Waals surface area contributed by atoms with Crippen LogP contribution in [0.25, 0.3) is 0 Å². The number of hydrogen-bond donors (Lipinski definition) is 1. The number of aromatic nitrogens is 2. The van der Waals surface area contributed by atoms with Crippen molar-refractivity contribution in [1.29, 1.82) is 0 Å². The first-order valence-electron chi connectivity index (χ1n) is 6.08. The van der Waals surface area contributed by atoms with Gasteiger partial charge in [0.1, 0.15) is 0 Å². The fourth-order valence-corrected chi connectivity index (χ4v) is 1.81. The smallest absolute Gasteiger partial charge is 0.0489 e. The van der Waals surface area contributed by atoms with E-state index in [-0.39, 0.29) is 0 Å². The molecule has 0 saturated carbocycles. The zero-order valence-corrected chi connectivity index (χ0v) is 10.5. The lowest BCUT2D eigenvalue weighted by molar-refractivity contribution is 0.546. The number of aryl methyl sites for hydroxylation is 1. The highest BCUT2D eigenvalue weighted by Gasteiger charge is 2.03. The van der Waals surface area contributed by atoms with Crippen LogP contribution in [0.15, 0.2) is 42.7 Å². The second-order valence-corrected chi connectivity index (χ2v) is 4.33. The third kappa shape index (κ3) is 3.39. The summed E-state index contributed by atoms with van der Waals surface area (Å²) in [5, 5.41) is 7.63. The molecule has 0 saturated heterocycles. The molecule has 18 heavy (non-hydrogen) atoms. The first-order valence-corrected chi connectivity index (χ1v) is 6.08. The van der Waals surface area contributed by atoms with Gasteiger partial charge in [0.25, 0.3) is 0 Å². The zero-order valence-electron chi connectivity index (χ0n) is 10.5. The van der Waals surface area contributed by atoms with E-state index in [9.17, 15) is 0 Å². The number of anilines is 1. The summed E-state index contributed by atoms with van der Waals surface area (Å²) in [4.78, 5) is 0. The topological polar surface area (TPSA) is 29.9 Å². The van der Waals surface area contributed by atoms with Gasteiger partial charge in [0.15, 0.2) is 0 Å². The number of nitrogens with one attached hydrogen (secondary N) is 1. The van der Waals surface area contributed by atoms with E-state index in [0.29, 0.717) is 6.04 Å². The van der Waals surface area contributed by atoms with E-state index in [1.165, 1.54) is 0 Å². The molecule has 1 heterocycles. The summed E-state index contributed by atoms with van der Waals surface area (Å²) in [5.74, 6) is 2.64. The molecule has 3 heteroatoms. The summed E-state index contributed by atoms with van der Waals surface area (Å²) >= 11 is 0. The van der Waals surface area contributed by atoms with Crippen molar-refractivity contribution in [2.24, 2.45) is 0 Å². The highest BCUT2D eigenvalue weighted by atomic mass is 15.3. The Morgan fingerprint density at radius 3 is 3.06 bits per heavy atom. The lowest BCUT2D eigenvalue weighted by atomic mass is 10.2. The second kappa shape index (κ2) is 5.92. The maximum absolute atomic E-state index is 5.38. The normalized spacial score (nSPS) is 11.8. The lowest BCUT2D eigenvalue weighted by Gasteiger charge is -2.15. The van der Waals surface area contributed by atoms with E-state index in [0.717, 1.165) is 24.2 Å². The van der Waals surface area contributed by atoms with E-state index in [2.05, 4.69) is 23.3 Å². The molecule has 0 aliphatic rings. The number of hydrogen-bond acceptors (Lipinski definition) is 2. The molecule has 0 fully saturated rings. The van der Waals surface area contributed by atoms with Crippen LogP contribution in [-0.2, 0) is 6.54 Å². The molecule has 1 aromatic heterocycles. The van der Waals surface area contributed by atoms with Gasteiger partial charge in [-0.05, 0) is 37.6 Å². The summed E-state index contributed by atoms with van der Waals surface area (Å²) in [6.45, 7) is 3.07. The van der Waals surface area contributed by atoms with E-state index in [1.807, 2.05) is 41.2 Å². The summed E-state index contributed by atoms with van der Waals surface area (Å²) in [6, 6.07) is 10.2. The fourth-order valence-electron chi connectivity index (χ4n) is 1.81. The van der Waals surface area contributed by atoms with Gasteiger partial charge in [-0.25, -0.2) is 0 Å². The Kier molecular flexibility index (Phi) is 4.03. The van der Waals surface area contributed by atoms with Crippen LogP contribution in [0.4, 0.5) is 5.69 Å². The number of nitrogens with zero attached hydrogens (tertiary/aromatic N) is 2. The van der Waals surface area contributed by atoms with Gasteiger partial charge in [-0.3, -0.25) is 4.68 Å². The standard InChI is InChI=1S/C15H17N3/c1-3-14-6-4-7-15(12-14)17-13(2)8-11-18-10-5-9-16-18/h1,4-7,9-10,12-13,17H,8,11H2,2H3. The quantitative estimate of drug-likeness (QED) is 0.813. The van der Waals surface area contributed by atoms with Crippen LogP contribution in [0.1, 0.15) is 18.9 Å². The van der Waals surface area contributed by atoms with Gasteiger partial charge >= 0.3 is 0 Å². The van der Waals surface area contributed by atoms with Crippen molar-refractivity contribution in [2.75, 3.05) is 5.32 Å². The Hall–Kier alpha value is -2.21. The Balaban J connectivity index is 1.87. The Bertz CT molecular complexity index is 523. The second-order valence-electron chi connectivity index (χ2n) is 4.33. The van der Waals surface area contributed by atoms with Crippen molar-refractivity contribution in [2.45, 2.75) is 25.9 Å². The summed E-state index contributed by atoms with van der Waals surface area (Å²) < 4.78 is 1.94. The Morgan fingerprint density at radius 2 is 2.33 bits per heavy atom. The van der Waals surface area contributed by atoms with Crippen LogP contribution in [0.2, 0.25) is 0 Å². The molecule has 0 spiro atoms. The average Bonchev–Trinajstić information content (AvgIpc) is 2.90. The van der Waals surface area contributed by atoms with Crippen molar-refractivity contribution < 1.29 is 0 Å². The Labute approximate surface area is 108 Å². The predicted octanol–water partition coefficient (Wildman–Crippen LogP) is 2.76. The maximum Gasteiger partial charge on any atom is 0.0489 e. The first kappa shape index (κ1) is 12.3. The zero-order chi connectivity index (χ0) is 12.8. The summed E-state index contributed by atoms with van der Waals surface area (Å²) in [6.07, 6.45) is 10.2. The van der Waals surface area contributed by atoms with Gasteiger partial charge in [-0.15, -0.1) is 6.42 Å². The van der Waals surface area contributed by atoms with Gasteiger partial charge < -0.3 is 5.32 Å². The molecular weight excluding hydrogens is 222 g/mol. The van der Waals surface area contributed by atoms with Crippen molar-refractivity contribution in [3.63, 3.8) is 0 Å². The molecule has 3 nitrogen and oxygen atoms in total. The molecule has 0 aliphatic carbocycles. The highest BCUT2D eigenvalue weighted by Crippen LogP contribution is 2.12. The van der Waals surface area contributed by atoms with Crippen molar-refractivity contribution in [1.82, 2.24) is 9.78 Å². The van der Waals surface area contributed by atoms with Crippen LogP contribution >= 0.6 is 0 Å². The van der Waals surface area contributed by atoms with Gasteiger partial charge in [0, 0.05) is 36.2 Å². The minimum absolute atomic E-state index is 0.377. The Morgan fingerprint density at radius 1 is 1.44 bits per heavy atom. The molecule has 0 amide bonds. The van der Waals surface area contributed by atoms with Crippen molar-refractivity contribution in [3.8, 4) is 12.3 Å². The molecule has 92 valence electrons. The minimum atomic E-state index is 0.377. The minimum Gasteiger partial charge on any atom is -0.382 e. The van der Waals surface area contributed by atoms with E-state index in [4.69, 9.17) is 6.42 Å². The van der Waals surface area contributed by atoms with Crippen molar-refractivity contribution >= 4 is 5.69 Å². The largest absolute Gasteiger partial charge is 0.382 e. The third-order valence-corrected chi connectivity index (χ3v) is 2.79. The average molecular weight is 239 g/mol. The third-order valence-electron chi connectivity index (χ3n) is 2.79. The predicted molar refractivity (Wildman–Crippen MR) is 74.3 cm³/mol. The van der Waals surface area contributed by atoms with E-state index >= 15 is 0 Å². The van der Waals surface area contributed by atoms with Crippen LogP contribution in [-0.4, -0.2) is 15.8 Å². The van der Waals surface area contributed by atoms with Gasteiger partial charge in [-0.2, -0.15) is 5.10 Å². The number of benzene rings is 1. The van der Waals surface area contributed by atoms with Crippen molar-refractivity contribution in [3.05, 3.63) is 48.3 Å². The van der Waals surface area contributed by atoms with E-state index < -0.39 is 0 Å². The van der Waals surface area contributed by atoms with Crippen LogP contribution in [0, 0.1) is 12.3 Å². The molecular formula is C15H17N3. The number of terminal acetylenes is 1. The molecule has 2 rings (SSSR count). The van der Waals surface area contributed by atoms with Crippen LogP contribution in [0.5, 0.6) is 0 Å². The van der Waals surface area contributed by atoms with Gasteiger partial charge in [0.2, 0.25) is 0 Å². The first-order chi connectivity index (χ1) is 8.78. The molecule has 1 aromatic carbocycles. The molecule has 2 aromatic rings. The summed E-state index contributed by atoms with van der Waals surface area (Å²) in [5.41, 5.74) is 1.97. The fraction of sp³-hybridized carbons (Fsp3) is 0.267. The van der Waals surface area contributed by atoms with E-state index in [1.54, 1.807) is 6.20 Å². The summed E-state index contributed by atoms with van der Waals surface area (Å²) in [7, 11) is 0. The molecule has 0 aliphatic heterocycles. The lowest BCUT2D eigenvalue weighted by Crippen LogP contribution is -2.17. The molecule has 0 bridgehead atoms. The molecule has 0 radical (unpaired) electrons. The van der Waals surface area contributed by atoms with Gasteiger partial charge in [0.05, 0.1) is 0 Å². The monoisotopic (exact) mass is 239 g/mol. The maximum atomic E-state index is 5.38.